The number of fused-ring (bicyclic) bond motifs is 1. The first-order valence-electron chi connectivity index (χ1n) is 10.6. The third-order valence-corrected chi connectivity index (χ3v) is 6.65. The van der Waals surface area contributed by atoms with E-state index in [1.165, 1.54) is 34.1 Å². The molecule has 0 spiro atoms. The Labute approximate surface area is 190 Å². The first kappa shape index (κ1) is 22.1. The first-order valence-corrected chi connectivity index (χ1v) is 11.4. The number of Topliss-reactive ketones (excluding diaryl/α,β-unsaturated/α-hetero) is 1. The Kier molecular flexibility index (Phi) is 5.82. The van der Waals surface area contributed by atoms with Crippen molar-refractivity contribution in [2.75, 3.05) is 0 Å². The molecule has 0 radical (unpaired) electrons. The number of aromatic nitrogens is 2. The highest BCUT2D eigenvalue weighted by atomic mass is 32.1. The molecular formula is C26H25FN2O2S. The zero-order valence-electron chi connectivity index (χ0n) is 18.8. The molecule has 0 saturated carbocycles. The second-order valence-electron chi connectivity index (χ2n) is 8.48. The summed E-state index contributed by atoms with van der Waals surface area (Å²) in [5.74, 6) is -0.0743. The number of rotatable bonds is 5. The fraction of sp³-hybridized carbons (Fsp3) is 0.269. The Morgan fingerprint density at radius 2 is 1.78 bits per heavy atom. The summed E-state index contributed by atoms with van der Waals surface area (Å²) in [4.78, 5) is 33.3. The molecule has 0 aliphatic carbocycles. The Hall–Kier alpha value is -3.12. The van der Waals surface area contributed by atoms with Crippen LogP contribution in [0.4, 0.5) is 4.39 Å². The number of nitrogens with zero attached hydrogens (tertiary/aromatic N) is 2. The summed E-state index contributed by atoms with van der Waals surface area (Å²) in [5.41, 5.74) is 3.54. The molecule has 0 aliphatic heterocycles. The summed E-state index contributed by atoms with van der Waals surface area (Å²) in [7, 11) is 0. The summed E-state index contributed by atoms with van der Waals surface area (Å²) in [6.45, 7) is 9.41. The van der Waals surface area contributed by atoms with Gasteiger partial charge < -0.3 is 0 Å². The lowest BCUT2D eigenvalue weighted by atomic mass is 10.0. The van der Waals surface area contributed by atoms with Crippen molar-refractivity contribution in [3.63, 3.8) is 0 Å². The first-order chi connectivity index (χ1) is 15.2. The van der Waals surface area contributed by atoms with Gasteiger partial charge in [0.15, 0.2) is 5.78 Å². The van der Waals surface area contributed by atoms with Gasteiger partial charge >= 0.3 is 0 Å². The normalized spacial score (nSPS) is 11.5. The Bertz CT molecular complexity index is 1400. The van der Waals surface area contributed by atoms with Crippen LogP contribution >= 0.6 is 11.3 Å². The van der Waals surface area contributed by atoms with E-state index in [0.717, 1.165) is 21.6 Å². The second kappa shape index (κ2) is 8.43. The van der Waals surface area contributed by atoms with Gasteiger partial charge in [0.2, 0.25) is 0 Å². The highest BCUT2D eigenvalue weighted by Crippen LogP contribution is 2.36. The molecule has 0 amide bonds. The molecule has 0 atom stereocenters. The number of aryl methyl sites for hydroxylation is 3. The third-order valence-electron chi connectivity index (χ3n) is 5.66. The summed E-state index contributed by atoms with van der Waals surface area (Å²) in [5, 5.41) is 0.545. The Morgan fingerprint density at radius 3 is 2.41 bits per heavy atom. The summed E-state index contributed by atoms with van der Waals surface area (Å²) in [6.07, 6.45) is 0. The quantitative estimate of drug-likeness (QED) is 0.342. The predicted molar refractivity (Wildman–Crippen MR) is 128 cm³/mol. The van der Waals surface area contributed by atoms with Gasteiger partial charge in [0.25, 0.3) is 5.56 Å². The second-order valence-corrected chi connectivity index (χ2v) is 9.69. The zero-order chi connectivity index (χ0) is 23.2. The van der Waals surface area contributed by atoms with Gasteiger partial charge in [-0.05, 0) is 50.1 Å². The number of hydrogen-bond acceptors (Lipinski definition) is 4. The van der Waals surface area contributed by atoms with Crippen LogP contribution in [0.1, 0.15) is 52.0 Å². The molecule has 4 aromatic rings. The lowest BCUT2D eigenvalue weighted by Gasteiger charge is -2.15. The molecule has 0 unspecified atom stereocenters. The number of ketones is 1. The van der Waals surface area contributed by atoms with E-state index in [1.54, 1.807) is 6.92 Å². The molecule has 2 aromatic heterocycles. The third kappa shape index (κ3) is 3.91. The van der Waals surface area contributed by atoms with Crippen LogP contribution < -0.4 is 5.56 Å². The van der Waals surface area contributed by atoms with Crippen molar-refractivity contribution in [2.45, 2.75) is 47.1 Å². The molecule has 0 saturated heterocycles. The molecular weight excluding hydrogens is 423 g/mol. The fourth-order valence-electron chi connectivity index (χ4n) is 3.93. The molecule has 164 valence electrons. The van der Waals surface area contributed by atoms with Crippen LogP contribution in [0, 0.1) is 26.6 Å². The van der Waals surface area contributed by atoms with E-state index in [9.17, 15) is 14.0 Å². The molecule has 0 fully saturated rings. The average molecular weight is 449 g/mol. The van der Waals surface area contributed by atoms with E-state index in [-0.39, 0.29) is 29.6 Å². The van der Waals surface area contributed by atoms with Crippen molar-refractivity contribution in [1.29, 1.82) is 0 Å². The number of carbonyl (C=O) groups excluding carboxylic acids is 1. The minimum absolute atomic E-state index is 0.0416. The molecule has 4 rings (SSSR count). The predicted octanol–water partition coefficient (Wildman–Crippen LogP) is 6.20. The molecule has 6 heteroatoms. The highest BCUT2D eigenvalue weighted by Gasteiger charge is 2.22. The SMILES string of the molecule is Cc1ccc(-c2c(C)sc3nc(C(C)C)n(CC(=O)c4ccc(F)c(C)c4)c(=O)c23)cc1. The van der Waals surface area contributed by atoms with Gasteiger partial charge in [-0.1, -0.05) is 43.7 Å². The minimum atomic E-state index is -0.360. The van der Waals surface area contributed by atoms with Crippen molar-refractivity contribution < 1.29 is 9.18 Å². The van der Waals surface area contributed by atoms with E-state index >= 15 is 0 Å². The van der Waals surface area contributed by atoms with Crippen LogP contribution in [0.15, 0.2) is 47.3 Å². The van der Waals surface area contributed by atoms with Gasteiger partial charge in [-0.3, -0.25) is 14.2 Å². The van der Waals surface area contributed by atoms with Crippen LogP contribution in [0.3, 0.4) is 0 Å². The maximum atomic E-state index is 13.7. The van der Waals surface area contributed by atoms with Crippen LogP contribution in [0.5, 0.6) is 0 Å². The maximum Gasteiger partial charge on any atom is 0.263 e. The molecule has 0 aliphatic rings. The summed E-state index contributed by atoms with van der Waals surface area (Å²) < 4.78 is 15.1. The standard InChI is InChI=1S/C26H25FN2O2S/c1-14(2)24-28-25-23(22(17(5)32-25)18-8-6-15(3)7-9-18)26(31)29(24)13-21(30)19-10-11-20(27)16(4)12-19/h6-12,14H,13H2,1-5H3. The van der Waals surface area contributed by atoms with Crippen molar-refractivity contribution in [1.82, 2.24) is 9.55 Å². The summed E-state index contributed by atoms with van der Waals surface area (Å²) in [6, 6.07) is 12.3. The molecule has 0 bridgehead atoms. The zero-order valence-corrected chi connectivity index (χ0v) is 19.6. The van der Waals surface area contributed by atoms with Crippen molar-refractivity contribution >= 4 is 27.3 Å². The van der Waals surface area contributed by atoms with Crippen LogP contribution in [0.2, 0.25) is 0 Å². The largest absolute Gasteiger partial charge is 0.292 e. The fourth-order valence-corrected chi connectivity index (χ4v) is 4.97. The van der Waals surface area contributed by atoms with E-state index in [2.05, 4.69) is 0 Å². The van der Waals surface area contributed by atoms with E-state index < -0.39 is 0 Å². The smallest absolute Gasteiger partial charge is 0.263 e. The van der Waals surface area contributed by atoms with Crippen molar-refractivity contribution in [3.05, 3.63) is 86.0 Å². The molecule has 2 heterocycles. The lowest BCUT2D eigenvalue weighted by Crippen LogP contribution is -2.29. The molecule has 32 heavy (non-hydrogen) atoms. The average Bonchev–Trinajstić information content (AvgIpc) is 3.08. The van der Waals surface area contributed by atoms with Gasteiger partial charge in [0.05, 0.1) is 11.9 Å². The van der Waals surface area contributed by atoms with Crippen LogP contribution in [-0.2, 0) is 6.54 Å². The molecule has 2 aromatic carbocycles. The number of carbonyl (C=O) groups is 1. The van der Waals surface area contributed by atoms with Crippen LogP contribution in [-0.4, -0.2) is 15.3 Å². The lowest BCUT2D eigenvalue weighted by molar-refractivity contribution is 0.0969. The molecule has 4 nitrogen and oxygen atoms in total. The van der Waals surface area contributed by atoms with Crippen LogP contribution in [0.25, 0.3) is 21.3 Å². The van der Waals surface area contributed by atoms with E-state index in [1.807, 2.05) is 52.0 Å². The van der Waals surface area contributed by atoms with Gasteiger partial charge in [-0.25, -0.2) is 9.37 Å². The topological polar surface area (TPSA) is 52.0 Å². The van der Waals surface area contributed by atoms with Crippen molar-refractivity contribution in [3.8, 4) is 11.1 Å². The minimum Gasteiger partial charge on any atom is -0.292 e. The number of halogens is 1. The van der Waals surface area contributed by atoms with Gasteiger partial charge in [-0.15, -0.1) is 11.3 Å². The monoisotopic (exact) mass is 448 g/mol. The van der Waals surface area contributed by atoms with Gasteiger partial charge in [0, 0.05) is 21.9 Å². The number of hydrogen-bond donors (Lipinski definition) is 0. The van der Waals surface area contributed by atoms with Gasteiger partial charge in [-0.2, -0.15) is 0 Å². The van der Waals surface area contributed by atoms with E-state index in [0.29, 0.717) is 27.2 Å². The van der Waals surface area contributed by atoms with Crippen molar-refractivity contribution in [2.24, 2.45) is 0 Å². The summed E-state index contributed by atoms with van der Waals surface area (Å²) >= 11 is 1.50. The Morgan fingerprint density at radius 1 is 1.09 bits per heavy atom. The van der Waals surface area contributed by atoms with Gasteiger partial charge in [0.1, 0.15) is 16.5 Å². The Balaban J connectivity index is 1.90. The maximum absolute atomic E-state index is 13.7. The number of thiophene rings is 1. The number of benzene rings is 2. The highest BCUT2D eigenvalue weighted by molar-refractivity contribution is 7.19. The molecule has 0 N–H and O–H groups in total. The van der Waals surface area contributed by atoms with E-state index in [4.69, 9.17) is 4.98 Å².